The molecule has 1 aliphatic rings. The lowest BCUT2D eigenvalue weighted by atomic mass is 9.90. The van der Waals surface area contributed by atoms with Gasteiger partial charge in [-0.3, -0.25) is 4.21 Å². The van der Waals surface area contributed by atoms with Gasteiger partial charge in [0.25, 0.3) is 0 Å². The monoisotopic (exact) mass is 332 g/mol. The molecule has 120 valence electrons. The molecule has 0 aromatic heterocycles. The van der Waals surface area contributed by atoms with Crippen LogP contribution in [0.2, 0.25) is 0 Å². The van der Waals surface area contributed by atoms with Gasteiger partial charge >= 0.3 is 0 Å². The molecule has 0 aliphatic carbocycles. The summed E-state index contributed by atoms with van der Waals surface area (Å²) in [6.45, 7) is 3.82. The van der Waals surface area contributed by atoms with Gasteiger partial charge in [-0.05, 0) is 55.3 Å². The Labute approximate surface area is 136 Å². The molecule has 1 N–H and O–H groups in total. The third-order valence-corrected chi connectivity index (χ3v) is 3.90. The number of nitrogens with one attached hydrogen (secondary N) is 1. The van der Waals surface area contributed by atoms with E-state index < -0.39 is 16.9 Å². The lowest BCUT2D eigenvalue weighted by Gasteiger charge is -2.31. The molecule has 0 saturated carbocycles. The van der Waals surface area contributed by atoms with E-state index in [4.69, 9.17) is 4.74 Å². The molecule has 2 aromatic rings. The summed E-state index contributed by atoms with van der Waals surface area (Å²) in [5.41, 5.74) is 2.49. The fourth-order valence-corrected chi connectivity index (χ4v) is 2.91. The highest BCUT2D eigenvalue weighted by molar-refractivity contribution is 7.80. The van der Waals surface area contributed by atoms with Gasteiger partial charge in [0.2, 0.25) is 0 Å². The first-order chi connectivity index (χ1) is 10.8. The number of hydrogen-bond acceptors (Lipinski definition) is 3. The van der Waals surface area contributed by atoms with Crippen LogP contribution >= 0.6 is 0 Å². The Morgan fingerprint density at radius 3 is 2.52 bits per heavy atom. The van der Waals surface area contributed by atoms with Crippen LogP contribution in [0.3, 0.4) is 0 Å². The summed E-state index contributed by atoms with van der Waals surface area (Å²) in [6, 6.07) is 11.3. The zero-order chi connectivity index (χ0) is 16.6. The maximum Gasteiger partial charge on any atom is 0.130 e. The van der Waals surface area contributed by atoms with Crippen molar-refractivity contribution in [3.05, 3.63) is 65.5 Å². The average molecular weight is 332 g/mol. The van der Waals surface area contributed by atoms with Crippen molar-refractivity contribution in [2.75, 3.05) is 4.72 Å². The lowest BCUT2D eigenvalue weighted by molar-refractivity contribution is 0.158. The predicted octanol–water partition coefficient (Wildman–Crippen LogP) is 3.63. The number of rotatable bonds is 3. The number of fused-ring (bicyclic) bond motifs is 1. The van der Waals surface area contributed by atoms with E-state index in [1.807, 2.05) is 19.9 Å². The summed E-state index contributed by atoms with van der Waals surface area (Å²) in [7, 11) is 0. The summed E-state index contributed by atoms with van der Waals surface area (Å²) < 4.78 is 43.0. The molecule has 0 fully saturated rings. The molecule has 2 aromatic carbocycles. The second-order valence-electron chi connectivity index (χ2n) is 5.82. The first-order valence-electron chi connectivity index (χ1n) is 7.02. The van der Waals surface area contributed by atoms with Gasteiger partial charge in [0.15, 0.2) is 0 Å². The van der Waals surface area contributed by atoms with Crippen LogP contribution in [0.1, 0.15) is 25.0 Å². The zero-order valence-electron chi connectivity index (χ0n) is 12.6. The zero-order valence-corrected chi connectivity index (χ0v) is 13.4. The van der Waals surface area contributed by atoms with Crippen LogP contribution in [0.4, 0.5) is 10.1 Å². The third-order valence-electron chi connectivity index (χ3n) is 3.49. The van der Waals surface area contributed by atoms with Crippen molar-refractivity contribution in [1.29, 1.82) is 0 Å². The molecule has 1 heterocycles. The Morgan fingerprint density at radius 2 is 1.87 bits per heavy atom. The fourth-order valence-electron chi connectivity index (χ4n) is 2.60. The molecule has 23 heavy (non-hydrogen) atoms. The van der Waals surface area contributed by atoms with Crippen molar-refractivity contribution in [2.45, 2.75) is 19.4 Å². The molecule has 0 bridgehead atoms. The molecule has 6 heteroatoms. The lowest BCUT2D eigenvalue weighted by Crippen LogP contribution is -2.29. The molecular formula is C17H15FNO3S-. The van der Waals surface area contributed by atoms with Crippen LogP contribution in [0.25, 0.3) is 5.57 Å². The van der Waals surface area contributed by atoms with Gasteiger partial charge < -0.3 is 14.0 Å². The van der Waals surface area contributed by atoms with Crippen molar-refractivity contribution in [1.82, 2.24) is 0 Å². The van der Waals surface area contributed by atoms with Gasteiger partial charge in [0.1, 0.15) is 17.2 Å². The molecule has 3 rings (SSSR count). The average Bonchev–Trinajstić information content (AvgIpc) is 2.45. The SMILES string of the molecule is CC1(C)C=C(c2ccc(F)cc2)c2ccc(NS(=O)[O-])cc2O1. The van der Waals surface area contributed by atoms with Crippen molar-refractivity contribution < 1.29 is 17.9 Å². The Balaban J connectivity index is 2.09. The summed E-state index contributed by atoms with van der Waals surface area (Å²) in [5.74, 6) is 0.283. The molecule has 1 aliphatic heterocycles. The van der Waals surface area contributed by atoms with Gasteiger partial charge in [-0.25, -0.2) is 4.39 Å². The fraction of sp³-hybridized carbons (Fsp3) is 0.176. The Bertz CT molecular complexity index is 800. The number of benzene rings is 2. The van der Waals surface area contributed by atoms with Gasteiger partial charge in [0.05, 0.1) is 0 Å². The van der Waals surface area contributed by atoms with E-state index in [2.05, 4.69) is 4.72 Å². The molecule has 0 saturated heterocycles. The number of ether oxygens (including phenoxy) is 1. The summed E-state index contributed by atoms with van der Waals surface area (Å²) >= 11 is -2.40. The van der Waals surface area contributed by atoms with Crippen LogP contribution in [0, 0.1) is 5.82 Å². The second-order valence-corrected chi connectivity index (χ2v) is 6.49. The minimum absolute atomic E-state index is 0.293. The van der Waals surface area contributed by atoms with E-state index in [1.54, 1.807) is 30.3 Å². The molecular weight excluding hydrogens is 317 g/mol. The van der Waals surface area contributed by atoms with E-state index in [0.717, 1.165) is 16.7 Å². The first kappa shape index (κ1) is 15.7. The minimum atomic E-state index is -2.40. The normalized spacial score (nSPS) is 16.8. The highest BCUT2D eigenvalue weighted by atomic mass is 32.2. The second kappa shape index (κ2) is 5.79. The van der Waals surface area contributed by atoms with Crippen molar-refractivity contribution in [3.63, 3.8) is 0 Å². The van der Waals surface area contributed by atoms with Crippen molar-refractivity contribution in [2.24, 2.45) is 0 Å². The molecule has 1 atom stereocenters. The highest BCUT2D eigenvalue weighted by Gasteiger charge is 2.27. The van der Waals surface area contributed by atoms with E-state index in [-0.39, 0.29) is 5.82 Å². The van der Waals surface area contributed by atoms with Gasteiger partial charge in [-0.2, -0.15) is 0 Å². The predicted molar refractivity (Wildman–Crippen MR) is 87.2 cm³/mol. The van der Waals surface area contributed by atoms with Gasteiger partial charge in [0, 0.05) is 28.6 Å². The number of hydrogen-bond donors (Lipinski definition) is 1. The van der Waals surface area contributed by atoms with Gasteiger partial charge in [-0.15, -0.1) is 0 Å². The van der Waals surface area contributed by atoms with Crippen molar-refractivity contribution >= 4 is 22.5 Å². The summed E-state index contributed by atoms with van der Waals surface area (Å²) in [4.78, 5) is 0. The molecule has 0 spiro atoms. The largest absolute Gasteiger partial charge is 0.755 e. The van der Waals surface area contributed by atoms with Crippen LogP contribution in [0.15, 0.2) is 48.5 Å². The third kappa shape index (κ3) is 3.43. The number of anilines is 1. The summed E-state index contributed by atoms with van der Waals surface area (Å²) in [5, 5.41) is 0. The molecule has 4 nitrogen and oxygen atoms in total. The van der Waals surface area contributed by atoms with Crippen molar-refractivity contribution in [3.8, 4) is 5.75 Å². The standard InChI is InChI=1S/C17H16FNO3S/c1-17(2)10-15(11-3-5-12(18)6-4-11)14-8-7-13(19-23(20)21)9-16(14)22-17/h3-10,19H,1-2H3,(H,20,21)/p-1. The maximum atomic E-state index is 13.2. The van der Waals surface area contributed by atoms with Crippen LogP contribution in [-0.4, -0.2) is 14.4 Å². The maximum absolute atomic E-state index is 13.2. The Hall–Kier alpha value is -2.18. The van der Waals surface area contributed by atoms with Gasteiger partial charge in [-0.1, -0.05) is 12.1 Å². The van der Waals surface area contributed by atoms with Crippen LogP contribution in [-0.2, 0) is 11.3 Å². The summed E-state index contributed by atoms with van der Waals surface area (Å²) in [6.07, 6.45) is 1.97. The van der Waals surface area contributed by atoms with E-state index in [1.165, 1.54) is 12.1 Å². The molecule has 0 radical (unpaired) electrons. The smallest absolute Gasteiger partial charge is 0.130 e. The van der Waals surface area contributed by atoms with Crippen LogP contribution < -0.4 is 9.46 Å². The quantitative estimate of drug-likeness (QED) is 0.873. The Morgan fingerprint density at radius 1 is 1.17 bits per heavy atom. The van der Waals surface area contributed by atoms with E-state index in [0.29, 0.717) is 11.4 Å². The van der Waals surface area contributed by atoms with E-state index in [9.17, 15) is 13.2 Å². The van der Waals surface area contributed by atoms with Crippen LogP contribution in [0.5, 0.6) is 5.75 Å². The highest BCUT2D eigenvalue weighted by Crippen LogP contribution is 2.40. The molecule has 0 amide bonds. The minimum Gasteiger partial charge on any atom is -0.755 e. The Kier molecular flexibility index (Phi) is 3.95. The first-order valence-corrected chi connectivity index (χ1v) is 8.10. The topological polar surface area (TPSA) is 61.4 Å². The van der Waals surface area contributed by atoms with E-state index >= 15 is 0 Å². The molecule has 1 unspecified atom stereocenters. The number of halogens is 1.